The number of morpholine rings is 1. The van der Waals surface area contributed by atoms with Crippen molar-refractivity contribution < 1.29 is 19.0 Å². The molecule has 3 N–H and O–H groups in total. The van der Waals surface area contributed by atoms with Crippen LogP contribution in [0.4, 0.5) is 4.39 Å². The maximum atomic E-state index is 13.6. The predicted molar refractivity (Wildman–Crippen MR) is 86.9 cm³/mol. The number of carbonyl (C=O) groups is 1. The summed E-state index contributed by atoms with van der Waals surface area (Å²) < 4.78 is 19.0. The van der Waals surface area contributed by atoms with E-state index in [1.807, 2.05) is 4.90 Å². The van der Waals surface area contributed by atoms with Gasteiger partial charge in [0.25, 0.3) is 0 Å². The Morgan fingerprint density at radius 2 is 2.21 bits per heavy atom. The fourth-order valence-electron chi connectivity index (χ4n) is 3.30. The lowest BCUT2D eigenvalue weighted by atomic mass is 10.0. The van der Waals surface area contributed by atoms with Crippen molar-refractivity contribution >= 4 is 5.91 Å². The molecule has 0 aromatic heterocycles. The molecule has 3 unspecified atom stereocenters. The van der Waals surface area contributed by atoms with Crippen LogP contribution in [0.3, 0.4) is 0 Å². The summed E-state index contributed by atoms with van der Waals surface area (Å²) in [6.45, 7) is 4.02. The second kappa shape index (κ2) is 8.02. The SMILES string of the molecule is O=C(NCC1CNCC1O)C(c1cccc(F)c1)N1CCOCC1. The highest BCUT2D eigenvalue weighted by molar-refractivity contribution is 5.83. The summed E-state index contributed by atoms with van der Waals surface area (Å²) in [7, 11) is 0. The van der Waals surface area contributed by atoms with E-state index in [4.69, 9.17) is 4.74 Å². The number of β-amino-alcohol motifs (C(OH)–C–C–N with tert-alkyl or cyclic N) is 1. The monoisotopic (exact) mass is 337 g/mol. The van der Waals surface area contributed by atoms with Gasteiger partial charge >= 0.3 is 0 Å². The van der Waals surface area contributed by atoms with E-state index >= 15 is 0 Å². The number of rotatable bonds is 5. The average Bonchev–Trinajstić information content (AvgIpc) is 2.99. The normalized spacial score (nSPS) is 26.2. The van der Waals surface area contributed by atoms with Crippen molar-refractivity contribution in [3.63, 3.8) is 0 Å². The summed E-state index contributed by atoms with van der Waals surface area (Å²) in [4.78, 5) is 14.8. The number of carbonyl (C=O) groups excluding carboxylic acids is 1. The molecule has 24 heavy (non-hydrogen) atoms. The molecule has 0 aliphatic carbocycles. The van der Waals surface area contributed by atoms with Gasteiger partial charge < -0.3 is 20.5 Å². The predicted octanol–water partition coefficient (Wildman–Crippen LogP) is -0.104. The zero-order valence-corrected chi connectivity index (χ0v) is 13.6. The molecule has 1 aromatic rings. The number of halogens is 1. The van der Waals surface area contributed by atoms with Crippen LogP contribution in [0, 0.1) is 11.7 Å². The molecule has 2 aliphatic rings. The smallest absolute Gasteiger partial charge is 0.241 e. The van der Waals surface area contributed by atoms with Crippen molar-refractivity contribution in [3.05, 3.63) is 35.6 Å². The third-order valence-electron chi connectivity index (χ3n) is 4.67. The molecule has 6 nitrogen and oxygen atoms in total. The van der Waals surface area contributed by atoms with E-state index in [9.17, 15) is 14.3 Å². The first-order valence-corrected chi connectivity index (χ1v) is 8.39. The number of benzene rings is 1. The second-order valence-electron chi connectivity index (χ2n) is 6.34. The molecule has 2 aliphatic heterocycles. The lowest BCUT2D eigenvalue weighted by Crippen LogP contribution is -2.47. The number of aliphatic hydroxyl groups excluding tert-OH is 1. The average molecular weight is 337 g/mol. The minimum atomic E-state index is -0.545. The Hall–Kier alpha value is -1.54. The van der Waals surface area contributed by atoms with Crippen LogP contribution in [0.15, 0.2) is 24.3 Å². The van der Waals surface area contributed by atoms with Crippen LogP contribution < -0.4 is 10.6 Å². The number of aliphatic hydroxyl groups is 1. The highest BCUT2D eigenvalue weighted by atomic mass is 19.1. The van der Waals surface area contributed by atoms with Gasteiger partial charge in [-0.25, -0.2) is 4.39 Å². The van der Waals surface area contributed by atoms with Crippen molar-refractivity contribution in [1.29, 1.82) is 0 Å². The van der Waals surface area contributed by atoms with Gasteiger partial charge in [-0.2, -0.15) is 0 Å². The van der Waals surface area contributed by atoms with Gasteiger partial charge in [0.1, 0.15) is 11.9 Å². The fourth-order valence-corrected chi connectivity index (χ4v) is 3.30. The maximum Gasteiger partial charge on any atom is 0.241 e. The second-order valence-corrected chi connectivity index (χ2v) is 6.34. The highest BCUT2D eigenvalue weighted by Crippen LogP contribution is 2.23. The quantitative estimate of drug-likeness (QED) is 0.700. The molecule has 0 bridgehead atoms. The molecule has 132 valence electrons. The van der Waals surface area contributed by atoms with E-state index in [2.05, 4.69) is 10.6 Å². The standard InChI is InChI=1S/C17H24FN3O3/c18-14-3-1-2-12(8-14)16(21-4-6-24-7-5-21)17(23)20-10-13-9-19-11-15(13)22/h1-3,8,13,15-16,19,22H,4-7,9-11H2,(H,20,23). The topological polar surface area (TPSA) is 73.8 Å². The molecule has 3 atom stereocenters. The largest absolute Gasteiger partial charge is 0.391 e. The molecule has 0 spiro atoms. The van der Waals surface area contributed by atoms with Crippen molar-refractivity contribution in [2.24, 2.45) is 5.92 Å². The summed E-state index contributed by atoms with van der Waals surface area (Å²) in [6, 6.07) is 5.63. The maximum absolute atomic E-state index is 13.6. The summed E-state index contributed by atoms with van der Waals surface area (Å²) >= 11 is 0. The number of hydrogen-bond acceptors (Lipinski definition) is 5. The van der Waals surface area contributed by atoms with E-state index < -0.39 is 12.1 Å². The van der Waals surface area contributed by atoms with Gasteiger partial charge in [-0.3, -0.25) is 9.69 Å². The zero-order valence-electron chi connectivity index (χ0n) is 13.6. The molecule has 2 fully saturated rings. The lowest BCUT2D eigenvalue weighted by molar-refractivity contribution is -0.128. The van der Waals surface area contributed by atoms with Crippen molar-refractivity contribution in [2.45, 2.75) is 12.1 Å². The van der Waals surface area contributed by atoms with Crippen molar-refractivity contribution in [1.82, 2.24) is 15.5 Å². The summed E-state index contributed by atoms with van der Waals surface area (Å²) in [6.07, 6.45) is -0.443. The summed E-state index contributed by atoms with van der Waals surface area (Å²) in [5, 5.41) is 15.9. The first-order valence-electron chi connectivity index (χ1n) is 8.39. The van der Waals surface area contributed by atoms with Crippen LogP contribution in [0.2, 0.25) is 0 Å². The first kappa shape index (κ1) is 17.3. The molecule has 1 amide bonds. The molecular weight excluding hydrogens is 313 g/mol. The van der Waals surface area contributed by atoms with Crippen LogP contribution >= 0.6 is 0 Å². The van der Waals surface area contributed by atoms with E-state index in [0.717, 1.165) is 0 Å². The number of ether oxygens (including phenoxy) is 1. The van der Waals surface area contributed by atoms with Gasteiger partial charge in [0.2, 0.25) is 5.91 Å². The molecule has 1 aromatic carbocycles. The van der Waals surface area contributed by atoms with Crippen molar-refractivity contribution in [2.75, 3.05) is 45.9 Å². The minimum absolute atomic E-state index is 0.00630. The highest BCUT2D eigenvalue weighted by Gasteiger charge is 2.31. The molecule has 2 saturated heterocycles. The van der Waals surface area contributed by atoms with Crippen LogP contribution in [-0.4, -0.2) is 68.0 Å². The minimum Gasteiger partial charge on any atom is -0.391 e. The Morgan fingerprint density at radius 3 is 2.88 bits per heavy atom. The van der Waals surface area contributed by atoms with E-state index in [-0.39, 0.29) is 17.6 Å². The third kappa shape index (κ3) is 4.10. The Kier molecular flexibility index (Phi) is 5.78. The van der Waals surface area contributed by atoms with Crippen LogP contribution in [0.25, 0.3) is 0 Å². The van der Waals surface area contributed by atoms with Gasteiger partial charge in [0.15, 0.2) is 0 Å². The number of nitrogens with one attached hydrogen (secondary N) is 2. The van der Waals surface area contributed by atoms with Crippen molar-refractivity contribution in [3.8, 4) is 0 Å². The molecule has 7 heteroatoms. The van der Waals surface area contributed by atoms with Gasteiger partial charge in [0, 0.05) is 38.6 Å². The van der Waals surface area contributed by atoms with Crippen LogP contribution in [0.5, 0.6) is 0 Å². The van der Waals surface area contributed by atoms with Gasteiger partial charge in [-0.15, -0.1) is 0 Å². The van der Waals surface area contributed by atoms with E-state index in [0.29, 0.717) is 51.5 Å². The lowest BCUT2D eigenvalue weighted by Gasteiger charge is -2.34. The van der Waals surface area contributed by atoms with E-state index in [1.165, 1.54) is 12.1 Å². The fraction of sp³-hybridized carbons (Fsp3) is 0.588. The Bertz CT molecular complexity index is 566. The molecule has 2 heterocycles. The van der Waals surface area contributed by atoms with E-state index in [1.54, 1.807) is 12.1 Å². The van der Waals surface area contributed by atoms with Gasteiger partial charge in [-0.1, -0.05) is 12.1 Å². The van der Waals surface area contributed by atoms with Gasteiger partial charge in [0.05, 0.1) is 19.3 Å². The van der Waals surface area contributed by atoms with Crippen LogP contribution in [-0.2, 0) is 9.53 Å². The molecular formula is C17H24FN3O3. The Morgan fingerprint density at radius 1 is 1.42 bits per heavy atom. The Labute approximate surface area is 141 Å². The molecule has 0 radical (unpaired) electrons. The number of hydrogen-bond donors (Lipinski definition) is 3. The molecule has 0 saturated carbocycles. The summed E-state index contributed by atoms with van der Waals surface area (Å²) in [5.41, 5.74) is 0.638. The number of amides is 1. The van der Waals surface area contributed by atoms with Gasteiger partial charge in [-0.05, 0) is 17.7 Å². The first-order chi connectivity index (χ1) is 11.6. The summed E-state index contributed by atoms with van der Waals surface area (Å²) in [5.74, 6) is -0.512. The van der Waals surface area contributed by atoms with Crippen LogP contribution in [0.1, 0.15) is 11.6 Å². The molecule has 3 rings (SSSR count). The number of nitrogens with zero attached hydrogens (tertiary/aromatic N) is 1. The third-order valence-corrected chi connectivity index (χ3v) is 4.67. The Balaban J connectivity index is 1.71. The zero-order chi connectivity index (χ0) is 16.9.